The third-order valence-electron chi connectivity index (χ3n) is 4.01. The van der Waals surface area contributed by atoms with E-state index in [1.165, 1.54) is 12.8 Å². The van der Waals surface area contributed by atoms with Gasteiger partial charge in [0.2, 0.25) is 0 Å². The maximum absolute atomic E-state index is 10.4. The van der Waals surface area contributed by atoms with Gasteiger partial charge in [0.15, 0.2) is 0 Å². The molecule has 0 aromatic heterocycles. The summed E-state index contributed by atoms with van der Waals surface area (Å²) in [5.41, 5.74) is -0.503. The first-order chi connectivity index (χ1) is 6.91. The molecule has 2 heteroatoms. The van der Waals surface area contributed by atoms with Crippen LogP contribution in [0.2, 0.25) is 0 Å². The molecule has 0 heterocycles. The fourth-order valence-electron chi connectivity index (χ4n) is 2.43. The summed E-state index contributed by atoms with van der Waals surface area (Å²) < 4.78 is 5.38. The fraction of sp³-hybridized carbons (Fsp3) is 1.00. The molecule has 0 radical (unpaired) electrons. The normalized spacial score (nSPS) is 32.2. The average Bonchev–Trinajstić information content (AvgIpc) is 2.59. The predicted molar refractivity (Wildman–Crippen MR) is 62.9 cm³/mol. The monoisotopic (exact) mass is 214 g/mol. The van der Waals surface area contributed by atoms with E-state index in [0.717, 1.165) is 31.6 Å². The van der Waals surface area contributed by atoms with E-state index in [9.17, 15) is 5.11 Å². The van der Waals surface area contributed by atoms with Crippen LogP contribution in [-0.4, -0.2) is 23.4 Å². The molecule has 15 heavy (non-hydrogen) atoms. The van der Waals surface area contributed by atoms with Gasteiger partial charge in [-0.3, -0.25) is 0 Å². The molecule has 1 fully saturated rings. The lowest BCUT2D eigenvalue weighted by Crippen LogP contribution is -2.31. The molecule has 0 aliphatic heterocycles. The second-order valence-corrected chi connectivity index (χ2v) is 5.71. The number of hydrogen-bond donors (Lipinski definition) is 1. The minimum absolute atomic E-state index is 0.0972. The van der Waals surface area contributed by atoms with Crippen LogP contribution in [0.1, 0.15) is 59.3 Å². The van der Waals surface area contributed by atoms with Crippen molar-refractivity contribution in [2.45, 2.75) is 70.5 Å². The SMILES string of the molecule is CCC1CCC(O)(CCC(C)(C)OC)C1. The molecule has 0 aromatic rings. The summed E-state index contributed by atoms with van der Waals surface area (Å²) >= 11 is 0. The van der Waals surface area contributed by atoms with E-state index in [-0.39, 0.29) is 5.60 Å². The van der Waals surface area contributed by atoms with E-state index in [0.29, 0.717) is 0 Å². The van der Waals surface area contributed by atoms with Crippen molar-refractivity contribution in [2.75, 3.05) is 7.11 Å². The largest absolute Gasteiger partial charge is 0.390 e. The Kier molecular flexibility index (Phi) is 4.19. The van der Waals surface area contributed by atoms with E-state index in [1.54, 1.807) is 7.11 Å². The van der Waals surface area contributed by atoms with Gasteiger partial charge < -0.3 is 9.84 Å². The summed E-state index contributed by atoms with van der Waals surface area (Å²) in [6.45, 7) is 6.39. The van der Waals surface area contributed by atoms with E-state index < -0.39 is 5.60 Å². The van der Waals surface area contributed by atoms with Gasteiger partial charge in [-0.25, -0.2) is 0 Å². The first kappa shape index (κ1) is 13.0. The molecule has 1 N–H and O–H groups in total. The van der Waals surface area contributed by atoms with Crippen molar-refractivity contribution in [3.8, 4) is 0 Å². The van der Waals surface area contributed by atoms with E-state index in [1.807, 2.05) is 0 Å². The van der Waals surface area contributed by atoms with Crippen LogP contribution in [0, 0.1) is 5.92 Å². The second-order valence-electron chi connectivity index (χ2n) is 5.71. The summed E-state index contributed by atoms with van der Waals surface area (Å²) in [5, 5.41) is 10.4. The van der Waals surface area contributed by atoms with Crippen LogP contribution < -0.4 is 0 Å². The van der Waals surface area contributed by atoms with Crippen LogP contribution >= 0.6 is 0 Å². The molecule has 2 atom stereocenters. The summed E-state index contributed by atoms with van der Waals surface area (Å²) in [4.78, 5) is 0. The van der Waals surface area contributed by atoms with Crippen molar-refractivity contribution < 1.29 is 9.84 Å². The quantitative estimate of drug-likeness (QED) is 0.762. The van der Waals surface area contributed by atoms with Crippen molar-refractivity contribution in [2.24, 2.45) is 5.92 Å². The Morgan fingerprint density at radius 1 is 1.47 bits per heavy atom. The van der Waals surface area contributed by atoms with Crippen LogP contribution in [0.3, 0.4) is 0 Å². The van der Waals surface area contributed by atoms with Crippen LogP contribution in [0.5, 0.6) is 0 Å². The molecule has 0 amide bonds. The Balaban J connectivity index is 2.38. The zero-order chi connectivity index (χ0) is 11.5. The predicted octanol–water partition coefficient (Wildman–Crippen LogP) is 3.13. The smallest absolute Gasteiger partial charge is 0.0651 e. The number of ether oxygens (including phenoxy) is 1. The molecule has 1 aliphatic rings. The maximum Gasteiger partial charge on any atom is 0.0651 e. The first-order valence-electron chi connectivity index (χ1n) is 6.18. The number of methoxy groups -OCH3 is 1. The highest BCUT2D eigenvalue weighted by molar-refractivity contribution is 4.90. The van der Waals surface area contributed by atoms with Gasteiger partial charge in [-0.15, -0.1) is 0 Å². The zero-order valence-electron chi connectivity index (χ0n) is 10.7. The molecule has 2 nitrogen and oxygen atoms in total. The second kappa shape index (κ2) is 4.84. The summed E-state index contributed by atoms with van der Waals surface area (Å²) in [6, 6.07) is 0. The van der Waals surface area contributed by atoms with E-state index in [4.69, 9.17) is 4.74 Å². The highest BCUT2D eigenvalue weighted by atomic mass is 16.5. The van der Waals surface area contributed by atoms with Crippen molar-refractivity contribution in [1.82, 2.24) is 0 Å². The molecule has 0 saturated heterocycles. The van der Waals surface area contributed by atoms with Gasteiger partial charge >= 0.3 is 0 Å². The van der Waals surface area contributed by atoms with Gasteiger partial charge in [0, 0.05) is 7.11 Å². The third-order valence-corrected chi connectivity index (χ3v) is 4.01. The van der Waals surface area contributed by atoms with Crippen molar-refractivity contribution in [1.29, 1.82) is 0 Å². The lowest BCUT2D eigenvalue weighted by Gasteiger charge is -2.29. The topological polar surface area (TPSA) is 29.5 Å². The Morgan fingerprint density at radius 3 is 2.60 bits per heavy atom. The maximum atomic E-state index is 10.4. The molecule has 1 aliphatic carbocycles. The minimum Gasteiger partial charge on any atom is -0.390 e. The van der Waals surface area contributed by atoms with Crippen LogP contribution in [0.25, 0.3) is 0 Å². The summed E-state index contributed by atoms with van der Waals surface area (Å²) in [5.74, 6) is 0.737. The Hall–Kier alpha value is -0.0800. The molecule has 1 saturated carbocycles. The highest BCUT2D eigenvalue weighted by Crippen LogP contribution is 2.40. The molecule has 0 aromatic carbocycles. The van der Waals surface area contributed by atoms with Gasteiger partial charge in [0.25, 0.3) is 0 Å². The average molecular weight is 214 g/mol. The van der Waals surface area contributed by atoms with Gasteiger partial charge in [0.1, 0.15) is 0 Å². The lowest BCUT2D eigenvalue weighted by atomic mass is 9.89. The Morgan fingerprint density at radius 2 is 2.13 bits per heavy atom. The van der Waals surface area contributed by atoms with Crippen LogP contribution in [0.15, 0.2) is 0 Å². The summed E-state index contributed by atoms with van der Waals surface area (Å²) in [7, 11) is 1.74. The fourth-order valence-corrected chi connectivity index (χ4v) is 2.43. The molecular weight excluding hydrogens is 188 g/mol. The van der Waals surface area contributed by atoms with Gasteiger partial charge in [-0.05, 0) is 51.9 Å². The van der Waals surface area contributed by atoms with Gasteiger partial charge in [-0.2, -0.15) is 0 Å². The molecular formula is C13H26O2. The number of hydrogen-bond acceptors (Lipinski definition) is 2. The van der Waals surface area contributed by atoms with Crippen molar-refractivity contribution in [3.63, 3.8) is 0 Å². The highest BCUT2D eigenvalue weighted by Gasteiger charge is 2.37. The zero-order valence-corrected chi connectivity index (χ0v) is 10.7. The third kappa shape index (κ3) is 3.76. The van der Waals surface area contributed by atoms with Gasteiger partial charge in [-0.1, -0.05) is 13.3 Å². The Labute approximate surface area is 94.0 Å². The van der Waals surface area contributed by atoms with Crippen LogP contribution in [0.4, 0.5) is 0 Å². The first-order valence-corrected chi connectivity index (χ1v) is 6.18. The molecule has 2 unspecified atom stereocenters. The molecule has 0 bridgehead atoms. The van der Waals surface area contributed by atoms with Gasteiger partial charge in [0.05, 0.1) is 11.2 Å². The molecule has 1 rings (SSSR count). The lowest BCUT2D eigenvalue weighted by molar-refractivity contribution is -0.0249. The summed E-state index contributed by atoms with van der Waals surface area (Å²) in [6.07, 6.45) is 6.19. The van der Waals surface area contributed by atoms with Crippen molar-refractivity contribution in [3.05, 3.63) is 0 Å². The van der Waals surface area contributed by atoms with E-state index >= 15 is 0 Å². The molecule has 90 valence electrons. The van der Waals surface area contributed by atoms with Crippen molar-refractivity contribution >= 4 is 0 Å². The Bertz CT molecular complexity index is 201. The minimum atomic E-state index is -0.406. The number of aliphatic hydroxyl groups is 1. The van der Waals surface area contributed by atoms with E-state index in [2.05, 4.69) is 20.8 Å². The number of rotatable bonds is 5. The molecule has 0 spiro atoms. The standard InChI is InChI=1S/C13H26O2/c1-5-11-6-7-13(14,10-11)9-8-12(2,3)15-4/h11,14H,5-10H2,1-4H3. The van der Waals surface area contributed by atoms with Crippen LogP contribution in [-0.2, 0) is 4.74 Å².